The van der Waals surface area contributed by atoms with E-state index in [1.807, 2.05) is 13.8 Å². The molecule has 110 valence electrons. The summed E-state index contributed by atoms with van der Waals surface area (Å²) in [6, 6.07) is 4.06. The highest BCUT2D eigenvalue weighted by atomic mass is 16.5. The molecule has 0 bridgehead atoms. The average molecular weight is 279 g/mol. The van der Waals surface area contributed by atoms with E-state index in [1.165, 1.54) is 12.8 Å². The maximum Gasteiger partial charge on any atom is 0.233 e. The Kier molecular flexibility index (Phi) is 5.37. The number of hydrogen-bond donors (Lipinski definition) is 2. The molecule has 1 atom stereocenters. The quantitative estimate of drug-likeness (QED) is 0.703. The molecule has 0 amide bonds. The van der Waals surface area contributed by atoms with Crippen molar-refractivity contribution in [1.29, 1.82) is 0 Å². The monoisotopic (exact) mass is 279 g/mol. The summed E-state index contributed by atoms with van der Waals surface area (Å²) < 4.78 is 5.37. The van der Waals surface area contributed by atoms with Gasteiger partial charge >= 0.3 is 0 Å². The molecular formula is C13H21N5O2. The van der Waals surface area contributed by atoms with Crippen molar-refractivity contribution in [2.24, 2.45) is 10.2 Å². The molecule has 1 heterocycles. The normalized spacial score (nSPS) is 16.8. The van der Waals surface area contributed by atoms with Gasteiger partial charge in [-0.2, -0.15) is 5.11 Å². The summed E-state index contributed by atoms with van der Waals surface area (Å²) in [4.78, 5) is 0. The fourth-order valence-electron chi connectivity index (χ4n) is 1.45. The lowest BCUT2D eigenvalue weighted by atomic mass is 10.4. The van der Waals surface area contributed by atoms with E-state index in [4.69, 9.17) is 4.74 Å². The third kappa shape index (κ3) is 5.58. The van der Waals surface area contributed by atoms with Gasteiger partial charge in [-0.05, 0) is 32.8 Å². The Balaban J connectivity index is 1.72. The number of azo groups is 1. The van der Waals surface area contributed by atoms with Crippen molar-refractivity contribution >= 4 is 5.82 Å². The molecule has 1 aliphatic carbocycles. The second-order valence-electron chi connectivity index (χ2n) is 5.19. The zero-order chi connectivity index (χ0) is 14.4. The highest BCUT2D eigenvalue weighted by Crippen LogP contribution is 2.18. The predicted molar refractivity (Wildman–Crippen MR) is 74.2 cm³/mol. The van der Waals surface area contributed by atoms with Crippen LogP contribution in [0.2, 0.25) is 0 Å². The van der Waals surface area contributed by atoms with Crippen molar-refractivity contribution in [3.8, 4) is 5.88 Å². The maximum atomic E-state index is 9.72. The van der Waals surface area contributed by atoms with Crippen LogP contribution in [-0.4, -0.2) is 46.6 Å². The Morgan fingerprint density at radius 1 is 1.40 bits per heavy atom. The fourth-order valence-corrected chi connectivity index (χ4v) is 1.45. The second-order valence-corrected chi connectivity index (χ2v) is 5.19. The van der Waals surface area contributed by atoms with Crippen molar-refractivity contribution in [3.63, 3.8) is 0 Å². The van der Waals surface area contributed by atoms with Crippen LogP contribution in [-0.2, 0) is 0 Å². The van der Waals surface area contributed by atoms with Crippen molar-refractivity contribution in [3.05, 3.63) is 12.1 Å². The Morgan fingerprint density at radius 2 is 2.20 bits per heavy atom. The SMILES string of the molecule is CC(C)N=Nc1ccc(OCC(O)CNC2CC2)nn1. The van der Waals surface area contributed by atoms with Crippen molar-refractivity contribution < 1.29 is 9.84 Å². The van der Waals surface area contributed by atoms with Crippen molar-refractivity contribution in [1.82, 2.24) is 15.5 Å². The van der Waals surface area contributed by atoms with Gasteiger partial charge in [0.2, 0.25) is 5.88 Å². The molecule has 0 saturated heterocycles. The number of aromatic nitrogens is 2. The van der Waals surface area contributed by atoms with E-state index < -0.39 is 6.10 Å². The van der Waals surface area contributed by atoms with Crippen LogP contribution in [0.25, 0.3) is 0 Å². The molecule has 20 heavy (non-hydrogen) atoms. The number of hydrogen-bond acceptors (Lipinski definition) is 7. The average Bonchev–Trinajstić information content (AvgIpc) is 3.26. The zero-order valence-electron chi connectivity index (χ0n) is 11.9. The minimum absolute atomic E-state index is 0.127. The molecule has 0 radical (unpaired) electrons. The van der Waals surface area contributed by atoms with Gasteiger partial charge in [0, 0.05) is 18.7 Å². The third-order valence-electron chi connectivity index (χ3n) is 2.66. The van der Waals surface area contributed by atoms with Crippen LogP contribution in [0.15, 0.2) is 22.4 Å². The van der Waals surface area contributed by atoms with Crippen LogP contribution in [0.3, 0.4) is 0 Å². The molecule has 7 heteroatoms. The van der Waals surface area contributed by atoms with Crippen molar-refractivity contribution in [2.45, 2.75) is 44.9 Å². The highest BCUT2D eigenvalue weighted by Gasteiger charge is 2.21. The lowest BCUT2D eigenvalue weighted by Gasteiger charge is -2.11. The summed E-state index contributed by atoms with van der Waals surface area (Å²) in [5, 5.41) is 28.6. The molecule has 0 aromatic carbocycles. The van der Waals surface area contributed by atoms with Crippen LogP contribution in [0.5, 0.6) is 5.88 Å². The van der Waals surface area contributed by atoms with E-state index in [0.29, 0.717) is 24.3 Å². The van der Waals surface area contributed by atoms with E-state index in [0.717, 1.165) is 0 Å². The van der Waals surface area contributed by atoms with Gasteiger partial charge in [-0.25, -0.2) is 0 Å². The van der Waals surface area contributed by atoms with E-state index in [1.54, 1.807) is 12.1 Å². The number of nitrogens with zero attached hydrogens (tertiary/aromatic N) is 4. The minimum atomic E-state index is -0.544. The van der Waals surface area contributed by atoms with Gasteiger partial charge in [-0.15, -0.1) is 15.3 Å². The molecule has 0 spiro atoms. The topological polar surface area (TPSA) is 92.0 Å². The molecule has 1 fully saturated rings. The molecule has 7 nitrogen and oxygen atoms in total. The Bertz CT molecular complexity index is 431. The Labute approximate surface area is 118 Å². The van der Waals surface area contributed by atoms with Crippen LogP contribution in [0.4, 0.5) is 5.82 Å². The van der Waals surface area contributed by atoms with E-state index in [-0.39, 0.29) is 12.6 Å². The first-order chi connectivity index (χ1) is 9.63. The van der Waals surface area contributed by atoms with Crippen molar-refractivity contribution in [2.75, 3.05) is 13.2 Å². The molecule has 2 rings (SSSR count). The summed E-state index contributed by atoms with van der Waals surface area (Å²) in [5.74, 6) is 0.820. The second kappa shape index (κ2) is 7.25. The van der Waals surface area contributed by atoms with Gasteiger partial charge < -0.3 is 15.2 Å². The Hall–Kier alpha value is -1.60. The van der Waals surface area contributed by atoms with Gasteiger partial charge in [-0.1, -0.05) is 0 Å². The first-order valence-corrected chi connectivity index (χ1v) is 6.92. The number of aliphatic hydroxyl groups excluding tert-OH is 1. The summed E-state index contributed by atoms with van der Waals surface area (Å²) in [6.07, 6.45) is 1.86. The Morgan fingerprint density at radius 3 is 2.80 bits per heavy atom. The maximum absolute atomic E-state index is 9.72. The number of nitrogens with one attached hydrogen (secondary N) is 1. The van der Waals surface area contributed by atoms with Gasteiger partial charge in [0.25, 0.3) is 0 Å². The highest BCUT2D eigenvalue weighted by molar-refractivity contribution is 5.26. The molecular weight excluding hydrogens is 258 g/mol. The lowest BCUT2D eigenvalue weighted by molar-refractivity contribution is 0.103. The smallest absolute Gasteiger partial charge is 0.233 e. The molecule has 2 N–H and O–H groups in total. The zero-order valence-corrected chi connectivity index (χ0v) is 11.9. The summed E-state index contributed by atoms with van der Waals surface area (Å²) in [5.41, 5.74) is 0. The third-order valence-corrected chi connectivity index (χ3v) is 2.66. The summed E-state index contributed by atoms with van der Waals surface area (Å²) in [7, 11) is 0. The molecule has 1 aromatic rings. The van der Waals surface area contributed by atoms with Crippen LogP contribution >= 0.6 is 0 Å². The molecule has 1 saturated carbocycles. The predicted octanol–water partition coefficient (Wildman–Crippen LogP) is 1.46. The first kappa shape index (κ1) is 14.8. The summed E-state index contributed by atoms with van der Waals surface area (Å²) in [6.45, 7) is 4.61. The number of ether oxygens (including phenoxy) is 1. The van der Waals surface area contributed by atoms with E-state index in [9.17, 15) is 5.11 Å². The minimum Gasteiger partial charge on any atom is -0.474 e. The van der Waals surface area contributed by atoms with Gasteiger partial charge in [0.1, 0.15) is 12.7 Å². The molecule has 1 aromatic heterocycles. The first-order valence-electron chi connectivity index (χ1n) is 6.92. The van der Waals surface area contributed by atoms with Gasteiger partial charge in [0.05, 0.1) is 6.04 Å². The van der Waals surface area contributed by atoms with Crippen LogP contribution in [0, 0.1) is 0 Å². The number of rotatable bonds is 8. The fraction of sp³-hybridized carbons (Fsp3) is 0.692. The van der Waals surface area contributed by atoms with E-state index in [2.05, 4.69) is 25.7 Å². The molecule has 0 aliphatic heterocycles. The van der Waals surface area contributed by atoms with Gasteiger partial charge in [-0.3, -0.25) is 0 Å². The summed E-state index contributed by atoms with van der Waals surface area (Å²) >= 11 is 0. The van der Waals surface area contributed by atoms with Gasteiger partial charge in [0.15, 0.2) is 5.82 Å². The van der Waals surface area contributed by atoms with E-state index >= 15 is 0 Å². The standard InChI is InChI=1S/C13H21N5O2/c1-9(2)15-16-12-5-6-13(18-17-12)20-8-11(19)7-14-10-3-4-10/h5-6,9-11,14,19H,3-4,7-8H2,1-2H3. The number of aliphatic hydroxyl groups is 1. The lowest BCUT2D eigenvalue weighted by Crippen LogP contribution is -2.32. The molecule has 1 unspecified atom stereocenters. The van der Waals surface area contributed by atoms with Crippen LogP contribution in [0.1, 0.15) is 26.7 Å². The molecule has 1 aliphatic rings. The largest absolute Gasteiger partial charge is 0.474 e. The van der Waals surface area contributed by atoms with Crippen LogP contribution < -0.4 is 10.1 Å².